The Hall–Kier alpha value is -2.69. The summed E-state index contributed by atoms with van der Waals surface area (Å²) in [5.74, 6) is 0.928. The van der Waals surface area contributed by atoms with Crippen LogP contribution in [-0.2, 0) is 0 Å². The molecule has 5 heteroatoms. The average molecular weight is 272 g/mol. The maximum absolute atomic E-state index is 12.1. The Balaban J connectivity index is 2.18. The van der Waals surface area contributed by atoms with E-state index in [-0.39, 0.29) is 5.91 Å². The van der Waals surface area contributed by atoms with Crippen LogP contribution in [0.2, 0.25) is 0 Å². The van der Waals surface area contributed by atoms with Gasteiger partial charge in [0.25, 0.3) is 5.91 Å². The number of carbonyl (C=O) groups excluding carboxylic acids is 1. The van der Waals surface area contributed by atoms with Crippen LogP contribution in [0.3, 0.4) is 0 Å². The highest BCUT2D eigenvalue weighted by Gasteiger charge is 2.08. The molecule has 0 heterocycles. The van der Waals surface area contributed by atoms with Crippen molar-refractivity contribution < 1.29 is 14.3 Å². The molecule has 1 amide bonds. The number of hydrogen-bond donors (Lipinski definition) is 2. The zero-order valence-corrected chi connectivity index (χ0v) is 11.3. The van der Waals surface area contributed by atoms with Crippen molar-refractivity contribution in [3.63, 3.8) is 0 Å². The number of ether oxygens (including phenoxy) is 2. The highest BCUT2D eigenvalue weighted by atomic mass is 16.5. The van der Waals surface area contributed by atoms with Crippen LogP contribution < -0.4 is 20.5 Å². The van der Waals surface area contributed by atoms with E-state index in [1.54, 1.807) is 49.6 Å². The molecule has 3 N–H and O–H groups in total. The van der Waals surface area contributed by atoms with Crippen LogP contribution in [0.15, 0.2) is 42.5 Å². The molecule has 0 saturated carbocycles. The van der Waals surface area contributed by atoms with Gasteiger partial charge in [-0.15, -0.1) is 0 Å². The molecule has 5 nitrogen and oxygen atoms in total. The number of hydrogen-bond acceptors (Lipinski definition) is 4. The lowest BCUT2D eigenvalue weighted by Gasteiger charge is -2.09. The molecule has 2 rings (SSSR count). The second kappa shape index (κ2) is 5.97. The molecule has 0 fully saturated rings. The van der Waals surface area contributed by atoms with Crippen molar-refractivity contribution in [1.29, 1.82) is 0 Å². The average Bonchev–Trinajstić information content (AvgIpc) is 2.49. The van der Waals surface area contributed by atoms with Crippen molar-refractivity contribution in [2.75, 3.05) is 25.3 Å². The third-order valence-electron chi connectivity index (χ3n) is 2.82. The molecule has 0 atom stereocenters. The van der Waals surface area contributed by atoms with Crippen molar-refractivity contribution >= 4 is 17.3 Å². The lowest BCUT2D eigenvalue weighted by atomic mass is 10.2. The number of rotatable bonds is 4. The lowest BCUT2D eigenvalue weighted by molar-refractivity contribution is 0.102. The zero-order valence-electron chi connectivity index (χ0n) is 11.3. The third-order valence-corrected chi connectivity index (χ3v) is 2.82. The quantitative estimate of drug-likeness (QED) is 0.839. The van der Waals surface area contributed by atoms with E-state index < -0.39 is 0 Å². The van der Waals surface area contributed by atoms with Gasteiger partial charge in [0.1, 0.15) is 11.5 Å². The van der Waals surface area contributed by atoms with E-state index in [9.17, 15) is 4.79 Å². The second-order valence-corrected chi connectivity index (χ2v) is 4.14. The molecular weight excluding hydrogens is 256 g/mol. The second-order valence-electron chi connectivity index (χ2n) is 4.14. The van der Waals surface area contributed by atoms with Crippen molar-refractivity contribution in [2.45, 2.75) is 0 Å². The van der Waals surface area contributed by atoms with Crippen LogP contribution in [0.25, 0.3) is 0 Å². The highest BCUT2D eigenvalue weighted by Crippen LogP contribution is 2.25. The lowest BCUT2D eigenvalue weighted by Crippen LogP contribution is -2.12. The molecule has 0 saturated heterocycles. The predicted octanol–water partition coefficient (Wildman–Crippen LogP) is 2.54. The number of nitrogens with two attached hydrogens (primary N) is 1. The van der Waals surface area contributed by atoms with Gasteiger partial charge in [-0.2, -0.15) is 0 Å². The molecule has 0 aliphatic rings. The number of benzene rings is 2. The van der Waals surface area contributed by atoms with Crippen LogP contribution >= 0.6 is 0 Å². The number of nitrogens with one attached hydrogen (secondary N) is 1. The molecule has 0 aliphatic heterocycles. The zero-order chi connectivity index (χ0) is 14.5. The van der Waals surface area contributed by atoms with E-state index in [0.717, 1.165) is 0 Å². The fourth-order valence-electron chi connectivity index (χ4n) is 1.76. The first kappa shape index (κ1) is 13.7. The number of amides is 1. The molecule has 0 aromatic heterocycles. The number of nitrogen functional groups attached to an aromatic ring is 1. The Labute approximate surface area is 117 Å². The summed E-state index contributed by atoms with van der Waals surface area (Å²) in [6, 6.07) is 12.0. The summed E-state index contributed by atoms with van der Waals surface area (Å²) >= 11 is 0. The molecule has 0 spiro atoms. The Kier molecular flexibility index (Phi) is 4.10. The highest BCUT2D eigenvalue weighted by molar-refractivity contribution is 6.04. The van der Waals surface area contributed by atoms with Crippen LogP contribution in [0.1, 0.15) is 10.4 Å². The summed E-state index contributed by atoms with van der Waals surface area (Å²) < 4.78 is 10.2. The molecule has 0 radical (unpaired) electrons. The predicted molar refractivity (Wildman–Crippen MR) is 78.4 cm³/mol. The summed E-state index contributed by atoms with van der Waals surface area (Å²) in [6.07, 6.45) is 0. The Morgan fingerprint density at radius 2 is 1.90 bits per heavy atom. The monoisotopic (exact) mass is 272 g/mol. The minimum Gasteiger partial charge on any atom is -0.497 e. The van der Waals surface area contributed by atoms with Crippen molar-refractivity contribution in [2.24, 2.45) is 0 Å². The SMILES string of the molecule is COc1cccc(C(=O)Nc2ccc(N)c(OC)c2)c1. The number of methoxy groups -OCH3 is 2. The molecule has 2 aromatic carbocycles. The minimum atomic E-state index is -0.226. The van der Waals surface area contributed by atoms with Crippen molar-refractivity contribution in [3.05, 3.63) is 48.0 Å². The molecule has 20 heavy (non-hydrogen) atoms. The Morgan fingerprint density at radius 3 is 2.60 bits per heavy atom. The molecule has 0 unspecified atom stereocenters. The number of anilines is 2. The molecule has 104 valence electrons. The summed E-state index contributed by atoms with van der Waals surface area (Å²) in [5, 5.41) is 2.78. The van der Waals surface area contributed by atoms with Gasteiger partial charge in [-0.3, -0.25) is 4.79 Å². The third kappa shape index (κ3) is 3.00. The summed E-state index contributed by atoms with van der Waals surface area (Å²) in [7, 11) is 3.08. The van der Waals surface area contributed by atoms with Crippen LogP contribution in [0.4, 0.5) is 11.4 Å². The van der Waals surface area contributed by atoms with Gasteiger partial charge in [0.2, 0.25) is 0 Å². The van der Waals surface area contributed by atoms with E-state index >= 15 is 0 Å². The van der Waals surface area contributed by atoms with Crippen molar-refractivity contribution in [3.8, 4) is 11.5 Å². The first-order valence-corrected chi connectivity index (χ1v) is 6.03. The molecule has 0 aliphatic carbocycles. The van der Waals surface area contributed by atoms with E-state index in [0.29, 0.717) is 28.4 Å². The molecule has 0 bridgehead atoms. The number of carbonyl (C=O) groups is 1. The largest absolute Gasteiger partial charge is 0.497 e. The van der Waals surface area contributed by atoms with Gasteiger partial charge >= 0.3 is 0 Å². The van der Waals surface area contributed by atoms with E-state index in [1.807, 2.05) is 0 Å². The van der Waals surface area contributed by atoms with Crippen LogP contribution in [-0.4, -0.2) is 20.1 Å². The first-order chi connectivity index (χ1) is 9.63. The first-order valence-electron chi connectivity index (χ1n) is 6.03. The van der Waals surface area contributed by atoms with E-state index in [1.165, 1.54) is 7.11 Å². The van der Waals surface area contributed by atoms with Crippen molar-refractivity contribution in [1.82, 2.24) is 0 Å². The molecular formula is C15H16N2O3. The topological polar surface area (TPSA) is 73.6 Å². The smallest absolute Gasteiger partial charge is 0.255 e. The fourth-order valence-corrected chi connectivity index (χ4v) is 1.76. The Bertz CT molecular complexity index is 626. The maximum Gasteiger partial charge on any atom is 0.255 e. The summed E-state index contributed by atoms with van der Waals surface area (Å²) in [6.45, 7) is 0. The van der Waals surface area contributed by atoms with Gasteiger partial charge < -0.3 is 20.5 Å². The van der Waals surface area contributed by atoms with Crippen LogP contribution in [0.5, 0.6) is 11.5 Å². The maximum atomic E-state index is 12.1. The van der Waals surface area contributed by atoms with Crippen LogP contribution in [0, 0.1) is 0 Å². The molecule has 2 aromatic rings. The van der Waals surface area contributed by atoms with Gasteiger partial charge in [-0.05, 0) is 30.3 Å². The standard InChI is InChI=1S/C15H16N2O3/c1-19-12-5-3-4-10(8-12)15(18)17-11-6-7-13(16)14(9-11)20-2/h3-9H,16H2,1-2H3,(H,17,18). The van der Waals surface area contributed by atoms with E-state index in [2.05, 4.69) is 5.32 Å². The Morgan fingerprint density at radius 1 is 1.10 bits per heavy atom. The van der Waals surface area contributed by atoms with Gasteiger partial charge in [0.05, 0.1) is 19.9 Å². The normalized spacial score (nSPS) is 9.90. The van der Waals surface area contributed by atoms with Gasteiger partial charge in [0.15, 0.2) is 0 Å². The van der Waals surface area contributed by atoms with Gasteiger partial charge in [-0.1, -0.05) is 6.07 Å². The minimum absolute atomic E-state index is 0.226. The van der Waals surface area contributed by atoms with Gasteiger partial charge in [-0.25, -0.2) is 0 Å². The summed E-state index contributed by atoms with van der Waals surface area (Å²) in [4.78, 5) is 12.1. The fraction of sp³-hybridized carbons (Fsp3) is 0.133. The van der Waals surface area contributed by atoms with Gasteiger partial charge in [0, 0.05) is 17.3 Å². The van der Waals surface area contributed by atoms with E-state index in [4.69, 9.17) is 15.2 Å². The summed E-state index contributed by atoms with van der Waals surface area (Å²) in [5.41, 5.74) is 7.37.